The maximum Gasteiger partial charge on any atom is 0.0378 e. The van der Waals surface area contributed by atoms with Crippen molar-refractivity contribution in [2.75, 3.05) is 0 Å². The maximum atomic E-state index is 5.67. The van der Waals surface area contributed by atoms with Crippen LogP contribution in [0.4, 0.5) is 0 Å². The highest BCUT2D eigenvalue weighted by atomic mass is 32.1. The smallest absolute Gasteiger partial charge is 0.0378 e. The molecule has 0 fully saturated rings. The molecule has 2 nitrogen and oxygen atoms in total. The minimum Gasteiger partial charge on any atom is -0.326 e. The Kier molecular flexibility index (Phi) is 2.61. The summed E-state index contributed by atoms with van der Waals surface area (Å²) < 4.78 is 0. The van der Waals surface area contributed by atoms with E-state index in [2.05, 4.69) is 22.5 Å². The molecule has 0 aliphatic carbocycles. The minimum atomic E-state index is 0.606. The molecule has 0 atom stereocenters. The van der Waals surface area contributed by atoms with Crippen molar-refractivity contribution < 1.29 is 0 Å². The summed E-state index contributed by atoms with van der Waals surface area (Å²) in [5.74, 6) is 0. The molecule has 0 aromatic carbocycles. The number of hydrogen-bond donors (Lipinski definition) is 1. The summed E-state index contributed by atoms with van der Waals surface area (Å²) >= 11 is 1.70. The molecule has 2 aromatic rings. The lowest BCUT2D eigenvalue weighted by atomic mass is 10.1. The molecule has 0 saturated heterocycles. The normalized spacial score (nSPS) is 10.4. The lowest BCUT2D eigenvalue weighted by molar-refractivity contribution is 1.11. The summed E-state index contributed by atoms with van der Waals surface area (Å²) in [5, 5.41) is 2.08. The summed E-state index contributed by atoms with van der Waals surface area (Å²) in [7, 11) is 0. The number of aryl methyl sites for hydroxylation is 1. The van der Waals surface area contributed by atoms with Crippen LogP contribution in [0.1, 0.15) is 10.6 Å². The van der Waals surface area contributed by atoms with Crippen molar-refractivity contribution in [3.05, 3.63) is 40.3 Å². The van der Waals surface area contributed by atoms with Gasteiger partial charge >= 0.3 is 0 Å². The lowest BCUT2D eigenvalue weighted by Gasteiger charge is -2.02. The SMILES string of the molecule is Cc1cc(-c2ccsc2CN)ccn1. The Balaban J connectivity index is 2.49. The van der Waals surface area contributed by atoms with Gasteiger partial charge in [0.05, 0.1) is 0 Å². The Labute approximate surface area is 87.4 Å². The monoisotopic (exact) mass is 204 g/mol. The van der Waals surface area contributed by atoms with Gasteiger partial charge in [0, 0.05) is 23.3 Å². The van der Waals surface area contributed by atoms with Gasteiger partial charge in [0.1, 0.15) is 0 Å². The van der Waals surface area contributed by atoms with Crippen LogP contribution in [0.5, 0.6) is 0 Å². The molecule has 0 aliphatic heterocycles. The van der Waals surface area contributed by atoms with Crippen LogP contribution in [-0.2, 0) is 6.54 Å². The van der Waals surface area contributed by atoms with Crippen molar-refractivity contribution in [2.24, 2.45) is 5.73 Å². The second kappa shape index (κ2) is 3.90. The van der Waals surface area contributed by atoms with Crippen LogP contribution in [0.2, 0.25) is 0 Å². The standard InChI is InChI=1S/C11H12N2S/c1-8-6-9(2-4-13-8)10-3-5-14-11(10)7-12/h2-6H,7,12H2,1H3. The number of hydrogen-bond acceptors (Lipinski definition) is 3. The van der Waals surface area contributed by atoms with Gasteiger partial charge in [-0.05, 0) is 41.6 Å². The number of thiophene rings is 1. The molecular formula is C11H12N2S. The zero-order valence-corrected chi connectivity index (χ0v) is 8.84. The molecule has 2 N–H and O–H groups in total. The van der Waals surface area contributed by atoms with Crippen LogP contribution in [0, 0.1) is 6.92 Å². The summed E-state index contributed by atoms with van der Waals surface area (Å²) in [4.78, 5) is 5.41. The van der Waals surface area contributed by atoms with Crippen molar-refractivity contribution in [1.29, 1.82) is 0 Å². The average molecular weight is 204 g/mol. The Hall–Kier alpha value is -1.19. The molecule has 2 aromatic heterocycles. The molecule has 72 valence electrons. The Morgan fingerprint density at radius 2 is 2.29 bits per heavy atom. The number of pyridine rings is 1. The Bertz CT molecular complexity index is 434. The van der Waals surface area contributed by atoms with Gasteiger partial charge in [-0.15, -0.1) is 11.3 Å². The van der Waals surface area contributed by atoms with Crippen LogP contribution >= 0.6 is 11.3 Å². The third-order valence-corrected chi connectivity index (χ3v) is 3.08. The molecule has 3 heteroatoms. The fourth-order valence-corrected chi connectivity index (χ4v) is 2.25. The number of aromatic nitrogens is 1. The van der Waals surface area contributed by atoms with Crippen LogP contribution in [-0.4, -0.2) is 4.98 Å². The van der Waals surface area contributed by atoms with Gasteiger partial charge in [-0.2, -0.15) is 0 Å². The van der Waals surface area contributed by atoms with Gasteiger partial charge in [0.25, 0.3) is 0 Å². The largest absolute Gasteiger partial charge is 0.326 e. The first-order valence-electron chi connectivity index (χ1n) is 4.50. The third-order valence-electron chi connectivity index (χ3n) is 2.14. The second-order valence-electron chi connectivity index (χ2n) is 3.15. The first-order chi connectivity index (χ1) is 6.81. The van der Waals surface area contributed by atoms with Crippen molar-refractivity contribution in [2.45, 2.75) is 13.5 Å². The quantitative estimate of drug-likeness (QED) is 0.816. The van der Waals surface area contributed by atoms with Crippen LogP contribution in [0.25, 0.3) is 11.1 Å². The fraction of sp³-hybridized carbons (Fsp3) is 0.182. The van der Waals surface area contributed by atoms with E-state index in [4.69, 9.17) is 5.73 Å². The van der Waals surface area contributed by atoms with E-state index < -0.39 is 0 Å². The molecular weight excluding hydrogens is 192 g/mol. The zero-order valence-electron chi connectivity index (χ0n) is 8.03. The average Bonchev–Trinajstić information content (AvgIpc) is 2.65. The molecule has 2 rings (SSSR count). The highest BCUT2D eigenvalue weighted by Crippen LogP contribution is 2.27. The van der Waals surface area contributed by atoms with E-state index in [0.29, 0.717) is 6.54 Å². The fourth-order valence-electron chi connectivity index (χ4n) is 1.47. The van der Waals surface area contributed by atoms with Gasteiger partial charge in [-0.25, -0.2) is 0 Å². The summed E-state index contributed by atoms with van der Waals surface area (Å²) in [6, 6.07) is 6.22. The van der Waals surface area contributed by atoms with Crippen molar-refractivity contribution in [3.63, 3.8) is 0 Å². The first-order valence-corrected chi connectivity index (χ1v) is 5.38. The van der Waals surface area contributed by atoms with Gasteiger partial charge in [-0.1, -0.05) is 0 Å². The molecule has 0 bridgehead atoms. The zero-order chi connectivity index (χ0) is 9.97. The van der Waals surface area contributed by atoms with Crippen LogP contribution in [0.15, 0.2) is 29.8 Å². The maximum absolute atomic E-state index is 5.67. The predicted octanol–water partition coefficient (Wildman–Crippen LogP) is 2.58. The first kappa shape index (κ1) is 9.37. The number of nitrogens with zero attached hydrogens (tertiary/aromatic N) is 1. The summed E-state index contributed by atoms with van der Waals surface area (Å²) in [6.45, 7) is 2.60. The molecule has 0 spiro atoms. The van der Waals surface area contributed by atoms with E-state index in [1.165, 1.54) is 16.0 Å². The van der Waals surface area contributed by atoms with Crippen molar-refractivity contribution in [1.82, 2.24) is 4.98 Å². The molecule has 0 radical (unpaired) electrons. The van der Waals surface area contributed by atoms with Gasteiger partial charge < -0.3 is 5.73 Å². The number of nitrogens with two attached hydrogens (primary N) is 1. The van der Waals surface area contributed by atoms with Crippen LogP contribution in [0.3, 0.4) is 0 Å². The number of rotatable bonds is 2. The van der Waals surface area contributed by atoms with E-state index in [9.17, 15) is 0 Å². The van der Waals surface area contributed by atoms with E-state index in [1.54, 1.807) is 11.3 Å². The molecule has 0 amide bonds. The van der Waals surface area contributed by atoms with Gasteiger partial charge in [0.2, 0.25) is 0 Å². The highest BCUT2D eigenvalue weighted by molar-refractivity contribution is 7.10. The van der Waals surface area contributed by atoms with Crippen molar-refractivity contribution in [3.8, 4) is 11.1 Å². The molecule has 2 heterocycles. The van der Waals surface area contributed by atoms with Gasteiger partial charge in [0.15, 0.2) is 0 Å². The summed E-state index contributed by atoms with van der Waals surface area (Å²) in [6.07, 6.45) is 1.84. The van der Waals surface area contributed by atoms with E-state index in [1.807, 2.05) is 19.2 Å². The highest BCUT2D eigenvalue weighted by Gasteiger charge is 2.04. The van der Waals surface area contributed by atoms with Gasteiger partial charge in [-0.3, -0.25) is 4.98 Å². The predicted molar refractivity (Wildman–Crippen MR) is 60.2 cm³/mol. The second-order valence-corrected chi connectivity index (χ2v) is 4.15. The topological polar surface area (TPSA) is 38.9 Å². The molecule has 0 saturated carbocycles. The summed E-state index contributed by atoms with van der Waals surface area (Å²) in [5.41, 5.74) is 9.15. The minimum absolute atomic E-state index is 0.606. The van der Waals surface area contributed by atoms with E-state index in [-0.39, 0.29) is 0 Å². The Morgan fingerprint density at radius 3 is 3.00 bits per heavy atom. The molecule has 0 aliphatic rings. The van der Waals surface area contributed by atoms with Crippen molar-refractivity contribution >= 4 is 11.3 Å². The van der Waals surface area contributed by atoms with E-state index in [0.717, 1.165) is 5.69 Å². The van der Waals surface area contributed by atoms with Crippen LogP contribution < -0.4 is 5.73 Å². The lowest BCUT2D eigenvalue weighted by Crippen LogP contribution is -1.95. The van der Waals surface area contributed by atoms with E-state index >= 15 is 0 Å². The Morgan fingerprint density at radius 1 is 1.43 bits per heavy atom. The third kappa shape index (κ3) is 1.69. The molecule has 14 heavy (non-hydrogen) atoms. The molecule has 0 unspecified atom stereocenters.